The number of carbonyl (C=O) groups is 2. The summed E-state index contributed by atoms with van der Waals surface area (Å²) in [6, 6.07) is 4.68. The second-order valence-corrected chi connectivity index (χ2v) is 7.11. The van der Waals surface area contributed by atoms with Gasteiger partial charge < -0.3 is 14.2 Å². The minimum Gasteiger partial charge on any atom is -0.461 e. The maximum absolute atomic E-state index is 12.2. The van der Waals surface area contributed by atoms with E-state index in [1.807, 2.05) is 13.8 Å². The van der Waals surface area contributed by atoms with Gasteiger partial charge in [-0.2, -0.15) is 0 Å². The first kappa shape index (κ1) is 23.1. The third-order valence-corrected chi connectivity index (χ3v) is 4.17. The second-order valence-electron chi connectivity index (χ2n) is 7.11. The highest BCUT2D eigenvalue weighted by atomic mass is 16.5. The standard InChI is InChI=1S/C21H33NO5/c1-5-6-8-17(11-13-25-4)12-14-26-20(23)18-9-7-10-19(22-18)21(24)27-15-16(2)3/h7,9-10,16-17H,5-6,8,11-15H2,1-4H3. The molecule has 0 amide bonds. The van der Waals surface area contributed by atoms with E-state index in [0.29, 0.717) is 25.7 Å². The molecule has 0 bridgehead atoms. The van der Waals surface area contributed by atoms with Crippen LogP contribution < -0.4 is 0 Å². The summed E-state index contributed by atoms with van der Waals surface area (Å²) in [5.41, 5.74) is 0.238. The maximum atomic E-state index is 12.2. The first-order valence-electron chi connectivity index (χ1n) is 9.78. The van der Waals surface area contributed by atoms with Crippen molar-refractivity contribution < 1.29 is 23.8 Å². The molecule has 6 heteroatoms. The average Bonchev–Trinajstić information content (AvgIpc) is 2.67. The smallest absolute Gasteiger partial charge is 0.356 e. The average molecular weight is 379 g/mol. The molecule has 6 nitrogen and oxygen atoms in total. The summed E-state index contributed by atoms with van der Waals surface area (Å²) < 4.78 is 15.7. The molecule has 0 aliphatic rings. The zero-order chi connectivity index (χ0) is 20.1. The Hall–Kier alpha value is -1.95. The van der Waals surface area contributed by atoms with Gasteiger partial charge >= 0.3 is 11.9 Å². The number of unbranched alkanes of at least 4 members (excludes halogenated alkanes) is 1. The number of pyridine rings is 1. The predicted molar refractivity (Wildman–Crippen MR) is 104 cm³/mol. The number of ether oxygens (including phenoxy) is 3. The van der Waals surface area contributed by atoms with Crippen LogP contribution in [0.2, 0.25) is 0 Å². The normalized spacial score (nSPS) is 12.0. The molecule has 1 aromatic heterocycles. The van der Waals surface area contributed by atoms with Crippen LogP contribution in [0, 0.1) is 11.8 Å². The molecule has 0 aliphatic carbocycles. The number of nitrogens with zero attached hydrogens (tertiary/aromatic N) is 1. The number of hydrogen-bond donors (Lipinski definition) is 0. The summed E-state index contributed by atoms with van der Waals surface area (Å²) in [5.74, 6) is -0.337. The topological polar surface area (TPSA) is 74.7 Å². The summed E-state index contributed by atoms with van der Waals surface area (Å²) in [7, 11) is 1.70. The van der Waals surface area contributed by atoms with Gasteiger partial charge in [-0.1, -0.05) is 46.1 Å². The molecule has 1 rings (SSSR count). The molecule has 0 aromatic carbocycles. The van der Waals surface area contributed by atoms with Crippen molar-refractivity contribution in [2.24, 2.45) is 11.8 Å². The lowest BCUT2D eigenvalue weighted by atomic mass is 9.96. The van der Waals surface area contributed by atoms with Gasteiger partial charge in [0.25, 0.3) is 0 Å². The number of rotatable bonds is 13. The van der Waals surface area contributed by atoms with E-state index in [1.165, 1.54) is 6.07 Å². The van der Waals surface area contributed by atoms with Crippen LogP contribution in [0.25, 0.3) is 0 Å². The minimum absolute atomic E-state index is 0.117. The molecule has 1 heterocycles. The fourth-order valence-electron chi connectivity index (χ4n) is 2.58. The van der Waals surface area contributed by atoms with Crippen LogP contribution in [-0.2, 0) is 14.2 Å². The Balaban J connectivity index is 2.53. The van der Waals surface area contributed by atoms with Crippen molar-refractivity contribution in [3.63, 3.8) is 0 Å². The van der Waals surface area contributed by atoms with Crippen LogP contribution in [0.4, 0.5) is 0 Å². The molecule has 1 atom stereocenters. The largest absolute Gasteiger partial charge is 0.461 e. The van der Waals surface area contributed by atoms with Crippen LogP contribution >= 0.6 is 0 Å². The number of hydrogen-bond acceptors (Lipinski definition) is 6. The van der Waals surface area contributed by atoms with E-state index in [-0.39, 0.29) is 17.3 Å². The van der Waals surface area contributed by atoms with Crippen LogP contribution in [0.1, 0.15) is 73.9 Å². The van der Waals surface area contributed by atoms with E-state index in [0.717, 1.165) is 32.1 Å². The molecular weight excluding hydrogens is 346 g/mol. The third-order valence-electron chi connectivity index (χ3n) is 4.17. The second kappa shape index (κ2) is 13.3. The van der Waals surface area contributed by atoms with E-state index < -0.39 is 11.9 Å². The maximum Gasteiger partial charge on any atom is 0.356 e. The summed E-state index contributed by atoms with van der Waals surface area (Å²) in [4.78, 5) is 28.3. The molecule has 0 spiro atoms. The van der Waals surface area contributed by atoms with E-state index in [1.54, 1.807) is 19.2 Å². The van der Waals surface area contributed by atoms with E-state index >= 15 is 0 Å². The molecule has 152 valence electrons. The molecular formula is C21H33NO5. The van der Waals surface area contributed by atoms with Crippen LogP contribution in [0.3, 0.4) is 0 Å². The highest BCUT2D eigenvalue weighted by molar-refractivity contribution is 5.91. The van der Waals surface area contributed by atoms with Crippen LogP contribution in [0.5, 0.6) is 0 Å². The third kappa shape index (κ3) is 9.52. The molecule has 1 aromatic rings. The van der Waals surface area contributed by atoms with Crippen molar-refractivity contribution in [3.8, 4) is 0 Å². The van der Waals surface area contributed by atoms with Crippen LogP contribution in [0.15, 0.2) is 18.2 Å². The van der Waals surface area contributed by atoms with Crippen molar-refractivity contribution in [2.75, 3.05) is 26.9 Å². The highest BCUT2D eigenvalue weighted by Crippen LogP contribution is 2.17. The van der Waals surface area contributed by atoms with Gasteiger partial charge in [0, 0.05) is 13.7 Å². The highest BCUT2D eigenvalue weighted by Gasteiger charge is 2.16. The van der Waals surface area contributed by atoms with Gasteiger partial charge in [-0.05, 0) is 36.8 Å². The quantitative estimate of drug-likeness (QED) is 0.476. The molecule has 0 radical (unpaired) electrons. The van der Waals surface area contributed by atoms with Crippen molar-refractivity contribution in [1.82, 2.24) is 4.98 Å². The van der Waals surface area contributed by atoms with Gasteiger partial charge in [-0.25, -0.2) is 14.6 Å². The molecule has 0 saturated carbocycles. The molecule has 0 fully saturated rings. The molecule has 0 aliphatic heterocycles. The lowest BCUT2D eigenvalue weighted by molar-refractivity contribution is 0.0448. The Kier molecular flexibility index (Phi) is 11.3. The number of methoxy groups -OCH3 is 1. The predicted octanol–water partition coefficient (Wildman–Crippen LogP) is 4.28. The number of esters is 2. The lowest BCUT2D eigenvalue weighted by Gasteiger charge is -2.16. The van der Waals surface area contributed by atoms with Gasteiger partial charge in [0.2, 0.25) is 0 Å². The number of carbonyl (C=O) groups excluding carboxylic acids is 2. The molecule has 1 unspecified atom stereocenters. The summed E-state index contributed by atoms with van der Waals surface area (Å²) in [5, 5.41) is 0. The first-order chi connectivity index (χ1) is 13.0. The lowest BCUT2D eigenvalue weighted by Crippen LogP contribution is -2.16. The van der Waals surface area contributed by atoms with E-state index in [4.69, 9.17) is 14.2 Å². The Bertz CT molecular complexity index is 565. The summed E-state index contributed by atoms with van der Waals surface area (Å²) in [6.45, 7) is 7.43. The van der Waals surface area contributed by atoms with Gasteiger partial charge in [0.15, 0.2) is 0 Å². The van der Waals surface area contributed by atoms with Crippen molar-refractivity contribution in [2.45, 2.75) is 52.9 Å². The first-order valence-corrected chi connectivity index (χ1v) is 9.78. The minimum atomic E-state index is -0.530. The van der Waals surface area contributed by atoms with Crippen molar-refractivity contribution in [1.29, 1.82) is 0 Å². The van der Waals surface area contributed by atoms with Crippen LogP contribution in [-0.4, -0.2) is 43.9 Å². The monoisotopic (exact) mass is 379 g/mol. The van der Waals surface area contributed by atoms with Crippen molar-refractivity contribution in [3.05, 3.63) is 29.6 Å². The fraction of sp³-hybridized carbons (Fsp3) is 0.667. The van der Waals surface area contributed by atoms with Gasteiger partial charge in [0.1, 0.15) is 11.4 Å². The Morgan fingerprint density at radius 3 is 2.22 bits per heavy atom. The van der Waals surface area contributed by atoms with E-state index in [9.17, 15) is 9.59 Å². The molecule has 27 heavy (non-hydrogen) atoms. The number of aromatic nitrogens is 1. The summed E-state index contributed by atoms with van der Waals surface area (Å²) >= 11 is 0. The SMILES string of the molecule is CCCCC(CCOC)CCOC(=O)c1cccc(C(=O)OCC(C)C)n1. The van der Waals surface area contributed by atoms with Gasteiger partial charge in [-0.15, -0.1) is 0 Å². The van der Waals surface area contributed by atoms with Crippen molar-refractivity contribution >= 4 is 11.9 Å². The van der Waals surface area contributed by atoms with Gasteiger partial charge in [0.05, 0.1) is 13.2 Å². The molecule has 0 saturated heterocycles. The van der Waals surface area contributed by atoms with E-state index in [2.05, 4.69) is 11.9 Å². The zero-order valence-corrected chi connectivity index (χ0v) is 17.0. The Morgan fingerprint density at radius 1 is 1.00 bits per heavy atom. The Morgan fingerprint density at radius 2 is 1.63 bits per heavy atom. The summed E-state index contributed by atoms with van der Waals surface area (Å²) in [6.07, 6.45) is 5.17. The zero-order valence-electron chi connectivity index (χ0n) is 17.0. The fourth-order valence-corrected chi connectivity index (χ4v) is 2.58. The molecule has 0 N–H and O–H groups in total. The Labute approximate surface area is 162 Å². The van der Waals surface area contributed by atoms with Gasteiger partial charge in [-0.3, -0.25) is 0 Å².